The Balaban J connectivity index is 1.46. The molecule has 0 saturated carbocycles. The van der Waals surface area contributed by atoms with Crippen molar-refractivity contribution in [3.63, 3.8) is 0 Å². The number of hydrogen-bond acceptors (Lipinski definition) is 3. The van der Waals surface area contributed by atoms with Gasteiger partial charge in [0.25, 0.3) is 0 Å². The van der Waals surface area contributed by atoms with E-state index in [4.69, 9.17) is 14.6 Å². The van der Waals surface area contributed by atoms with E-state index in [1.165, 1.54) is 18.4 Å². The second-order valence-corrected chi connectivity index (χ2v) is 5.14. The van der Waals surface area contributed by atoms with Gasteiger partial charge >= 0.3 is 0 Å². The minimum Gasteiger partial charge on any atom is -0.396 e. The molecule has 19 heavy (non-hydrogen) atoms. The molecule has 0 spiro atoms. The monoisotopic (exact) mass is 264 g/mol. The van der Waals surface area contributed by atoms with Crippen LogP contribution < -0.4 is 0 Å². The van der Waals surface area contributed by atoms with Gasteiger partial charge < -0.3 is 14.6 Å². The number of hydrogen-bond donors (Lipinski definition) is 1. The first kappa shape index (κ1) is 14.5. The van der Waals surface area contributed by atoms with Gasteiger partial charge in [0.15, 0.2) is 0 Å². The number of ether oxygens (including phenoxy) is 2. The van der Waals surface area contributed by atoms with Crippen LogP contribution in [0.2, 0.25) is 0 Å². The summed E-state index contributed by atoms with van der Waals surface area (Å²) in [6, 6.07) is 10.2. The molecule has 1 N–H and O–H groups in total. The van der Waals surface area contributed by atoms with Gasteiger partial charge in [-0.1, -0.05) is 49.6 Å². The van der Waals surface area contributed by atoms with Crippen molar-refractivity contribution in [2.45, 2.75) is 50.9 Å². The van der Waals surface area contributed by atoms with E-state index in [-0.39, 0.29) is 0 Å². The molecule has 0 aliphatic carbocycles. The number of aliphatic hydroxyl groups excluding tert-OH is 1. The average Bonchev–Trinajstić information content (AvgIpc) is 3.18. The van der Waals surface area contributed by atoms with Crippen LogP contribution in [0, 0.1) is 0 Å². The second-order valence-electron chi connectivity index (χ2n) is 5.14. The molecule has 0 amide bonds. The molecule has 3 heteroatoms. The summed E-state index contributed by atoms with van der Waals surface area (Å²) < 4.78 is 11.2. The molecule has 1 fully saturated rings. The highest BCUT2D eigenvalue weighted by Crippen LogP contribution is 2.27. The Morgan fingerprint density at radius 1 is 1.00 bits per heavy atom. The summed E-state index contributed by atoms with van der Waals surface area (Å²) in [5.74, 6) is 0. The Morgan fingerprint density at radius 2 is 1.79 bits per heavy atom. The Kier molecular flexibility index (Phi) is 6.34. The van der Waals surface area contributed by atoms with Crippen LogP contribution in [-0.4, -0.2) is 30.5 Å². The number of unbranched alkanes of at least 4 members (excludes halogenated alkanes) is 3. The van der Waals surface area contributed by atoms with Crippen molar-refractivity contribution in [2.75, 3.05) is 13.2 Å². The lowest BCUT2D eigenvalue weighted by Gasteiger charge is -2.02. The molecule has 0 aromatic heterocycles. The number of epoxide rings is 1. The predicted octanol–water partition coefficient (Wildman–Crippen LogP) is 2.91. The topological polar surface area (TPSA) is 42.0 Å². The summed E-state index contributed by atoms with van der Waals surface area (Å²) in [4.78, 5) is 0. The molecule has 1 aromatic rings. The molecule has 1 heterocycles. The van der Waals surface area contributed by atoms with E-state index in [1.54, 1.807) is 0 Å². The number of aliphatic hydroxyl groups is 1. The van der Waals surface area contributed by atoms with Crippen LogP contribution in [0.15, 0.2) is 30.3 Å². The zero-order chi connectivity index (χ0) is 13.3. The van der Waals surface area contributed by atoms with Crippen LogP contribution in [0.4, 0.5) is 0 Å². The van der Waals surface area contributed by atoms with Crippen LogP contribution in [0.3, 0.4) is 0 Å². The van der Waals surface area contributed by atoms with Gasteiger partial charge in [-0.2, -0.15) is 0 Å². The quantitative estimate of drug-likeness (QED) is 0.522. The largest absolute Gasteiger partial charge is 0.396 e. The Labute approximate surface area is 115 Å². The standard InChI is InChI=1S/C16H24O3/c17-11-7-2-1-6-10-15-16(19-15)13-18-12-14-8-4-3-5-9-14/h3-5,8-9,15-17H,1-2,6-7,10-13H2/t15-,16-/m0/s1. The molecule has 1 aliphatic heterocycles. The molecular weight excluding hydrogens is 240 g/mol. The third kappa shape index (κ3) is 5.72. The van der Waals surface area contributed by atoms with Crippen LogP contribution in [-0.2, 0) is 16.1 Å². The summed E-state index contributed by atoms with van der Waals surface area (Å²) in [6.07, 6.45) is 6.28. The maximum Gasteiger partial charge on any atom is 0.107 e. The minimum atomic E-state index is 0.307. The first-order chi connectivity index (χ1) is 9.40. The highest BCUT2D eigenvalue weighted by Gasteiger charge is 2.37. The Hall–Kier alpha value is -0.900. The fourth-order valence-electron chi connectivity index (χ4n) is 2.26. The van der Waals surface area contributed by atoms with Crippen molar-refractivity contribution >= 4 is 0 Å². The maximum atomic E-state index is 8.68. The molecule has 106 valence electrons. The number of benzene rings is 1. The molecule has 1 aliphatic rings. The van der Waals surface area contributed by atoms with E-state index in [9.17, 15) is 0 Å². The lowest BCUT2D eigenvalue weighted by atomic mass is 10.1. The third-order valence-electron chi connectivity index (χ3n) is 3.48. The number of rotatable bonds is 10. The fourth-order valence-corrected chi connectivity index (χ4v) is 2.26. The summed E-state index contributed by atoms with van der Waals surface area (Å²) in [5, 5.41) is 8.68. The van der Waals surface area contributed by atoms with Gasteiger partial charge in [0, 0.05) is 6.61 Å². The summed E-state index contributed by atoms with van der Waals surface area (Å²) in [5.41, 5.74) is 1.21. The average molecular weight is 264 g/mol. The third-order valence-corrected chi connectivity index (χ3v) is 3.48. The molecule has 0 radical (unpaired) electrons. The summed E-state index contributed by atoms with van der Waals surface area (Å²) in [6.45, 7) is 1.69. The van der Waals surface area contributed by atoms with Crippen molar-refractivity contribution in [1.82, 2.24) is 0 Å². The molecule has 2 rings (SSSR count). The lowest BCUT2D eigenvalue weighted by molar-refractivity contribution is 0.104. The van der Waals surface area contributed by atoms with E-state index in [0.717, 1.165) is 19.3 Å². The van der Waals surface area contributed by atoms with Crippen LogP contribution >= 0.6 is 0 Å². The summed E-state index contributed by atoms with van der Waals surface area (Å²) >= 11 is 0. The van der Waals surface area contributed by atoms with Crippen molar-refractivity contribution in [3.8, 4) is 0 Å². The smallest absolute Gasteiger partial charge is 0.107 e. The van der Waals surface area contributed by atoms with Gasteiger partial charge in [0.2, 0.25) is 0 Å². The minimum absolute atomic E-state index is 0.307. The summed E-state index contributed by atoms with van der Waals surface area (Å²) in [7, 11) is 0. The van der Waals surface area contributed by atoms with Crippen LogP contribution in [0.1, 0.15) is 37.7 Å². The van der Waals surface area contributed by atoms with E-state index in [0.29, 0.717) is 32.0 Å². The molecule has 3 nitrogen and oxygen atoms in total. The van der Waals surface area contributed by atoms with E-state index >= 15 is 0 Å². The lowest BCUT2D eigenvalue weighted by Crippen LogP contribution is -2.05. The zero-order valence-electron chi connectivity index (χ0n) is 11.5. The first-order valence-corrected chi connectivity index (χ1v) is 7.28. The van der Waals surface area contributed by atoms with Gasteiger partial charge in [-0.05, 0) is 18.4 Å². The van der Waals surface area contributed by atoms with Crippen molar-refractivity contribution in [2.24, 2.45) is 0 Å². The maximum absolute atomic E-state index is 8.68. The molecule has 1 saturated heterocycles. The highest BCUT2D eigenvalue weighted by atomic mass is 16.6. The molecule has 0 bridgehead atoms. The van der Waals surface area contributed by atoms with Crippen molar-refractivity contribution in [1.29, 1.82) is 0 Å². The molecule has 2 atom stereocenters. The van der Waals surface area contributed by atoms with Crippen molar-refractivity contribution < 1.29 is 14.6 Å². The van der Waals surface area contributed by atoms with Gasteiger partial charge in [0.1, 0.15) is 6.10 Å². The second kappa shape index (κ2) is 8.31. The normalized spacial score (nSPS) is 21.5. The van der Waals surface area contributed by atoms with E-state index < -0.39 is 0 Å². The highest BCUT2D eigenvalue weighted by molar-refractivity contribution is 5.13. The zero-order valence-corrected chi connectivity index (χ0v) is 11.5. The predicted molar refractivity (Wildman–Crippen MR) is 74.9 cm³/mol. The molecular formula is C16H24O3. The SMILES string of the molecule is OCCCCCC[C@@H]1O[C@H]1COCc1ccccc1. The van der Waals surface area contributed by atoms with Gasteiger partial charge in [-0.25, -0.2) is 0 Å². The Morgan fingerprint density at radius 3 is 2.58 bits per heavy atom. The van der Waals surface area contributed by atoms with Crippen LogP contribution in [0.5, 0.6) is 0 Å². The van der Waals surface area contributed by atoms with Crippen LogP contribution in [0.25, 0.3) is 0 Å². The van der Waals surface area contributed by atoms with E-state index in [2.05, 4.69) is 12.1 Å². The van der Waals surface area contributed by atoms with Gasteiger partial charge in [-0.3, -0.25) is 0 Å². The van der Waals surface area contributed by atoms with Gasteiger partial charge in [0.05, 0.1) is 19.3 Å². The first-order valence-electron chi connectivity index (χ1n) is 7.28. The van der Waals surface area contributed by atoms with Gasteiger partial charge in [-0.15, -0.1) is 0 Å². The molecule has 0 unspecified atom stereocenters. The Bertz CT molecular complexity index is 339. The van der Waals surface area contributed by atoms with Crippen molar-refractivity contribution in [3.05, 3.63) is 35.9 Å². The fraction of sp³-hybridized carbons (Fsp3) is 0.625. The molecule has 1 aromatic carbocycles. The van der Waals surface area contributed by atoms with E-state index in [1.807, 2.05) is 18.2 Å².